The van der Waals surface area contributed by atoms with Gasteiger partial charge in [-0.15, -0.1) is 22.7 Å². The molecule has 4 heteroatoms. The molecule has 0 spiro atoms. The van der Waals surface area contributed by atoms with Gasteiger partial charge in [0.15, 0.2) is 0 Å². The zero-order chi connectivity index (χ0) is 14.3. The zero-order valence-corrected chi connectivity index (χ0v) is 13.4. The quantitative estimate of drug-likeness (QED) is 0.733. The van der Waals surface area contributed by atoms with Gasteiger partial charge in [0.1, 0.15) is 0 Å². The number of nitrogens with one attached hydrogen (secondary N) is 1. The van der Waals surface area contributed by atoms with Crippen LogP contribution in [0.1, 0.15) is 30.4 Å². The van der Waals surface area contributed by atoms with Gasteiger partial charge in [0.25, 0.3) is 5.91 Å². The molecule has 0 saturated heterocycles. The lowest BCUT2D eigenvalue weighted by atomic mass is 10.1. The van der Waals surface area contributed by atoms with Gasteiger partial charge in [-0.3, -0.25) is 4.79 Å². The number of fused-ring (bicyclic) bond motifs is 3. The summed E-state index contributed by atoms with van der Waals surface area (Å²) >= 11 is 3.35. The summed E-state index contributed by atoms with van der Waals surface area (Å²) in [6, 6.07) is 10.6. The van der Waals surface area contributed by atoms with Gasteiger partial charge in [0, 0.05) is 20.8 Å². The highest BCUT2D eigenvalue weighted by Gasteiger charge is 2.16. The molecule has 1 unspecified atom stereocenters. The van der Waals surface area contributed by atoms with Crippen LogP contribution >= 0.6 is 22.7 Å². The smallest absolute Gasteiger partial charge is 0.261 e. The van der Waals surface area contributed by atoms with Crippen molar-refractivity contribution < 1.29 is 4.79 Å². The number of carbonyl (C=O) groups is 1. The molecular weight excluding hydrogens is 286 g/mol. The second kappa shape index (κ2) is 5.19. The van der Waals surface area contributed by atoms with Crippen molar-refractivity contribution >= 4 is 48.1 Å². The molecule has 2 heterocycles. The fourth-order valence-corrected chi connectivity index (χ4v) is 4.48. The molecule has 0 bridgehead atoms. The second-order valence-corrected chi connectivity index (χ2v) is 7.54. The summed E-state index contributed by atoms with van der Waals surface area (Å²) in [5.41, 5.74) is 0. The predicted molar refractivity (Wildman–Crippen MR) is 89.0 cm³/mol. The molecule has 2 nitrogen and oxygen atoms in total. The van der Waals surface area contributed by atoms with Crippen LogP contribution in [0.3, 0.4) is 0 Å². The van der Waals surface area contributed by atoms with Gasteiger partial charge in [-0.05, 0) is 25.0 Å². The Morgan fingerprint density at radius 3 is 2.60 bits per heavy atom. The summed E-state index contributed by atoms with van der Waals surface area (Å²) in [7, 11) is 0. The Bertz CT molecular complexity index is 769. The van der Waals surface area contributed by atoms with E-state index in [-0.39, 0.29) is 11.9 Å². The molecule has 104 valence electrons. The van der Waals surface area contributed by atoms with Crippen LogP contribution in [0.5, 0.6) is 0 Å². The van der Waals surface area contributed by atoms with Crippen molar-refractivity contribution in [3.05, 3.63) is 35.2 Å². The first kappa shape index (κ1) is 13.6. The van der Waals surface area contributed by atoms with Crippen LogP contribution in [0.25, 0.3) is 19.5 Å². The highest BCUT2D eigenvalue weighted by Crippen LogP contribution is 2.39. The average Bonchev–Trinajstić information content (AvgIpc) is 2.95. The van der Waals surface area contributed by atoms with Gasteiger partial charge in [-0.1, -0.05) is 32.0 Å². The minimum Gasteiger partial charge on any atom is -0.349 e. The van der Waals surface area contributed by atoms with Crippen molar-refractivity contribution in [2.45, 2.75) is 26.8 Å². The summed E-state index contributed by atoms with van der Waals surface area (Å²) in [5.74, 6) is 0.490. The van der Waals surface area contributed by atoms with Crippen LogP contribution < -0.4 is 5.32 Å². The molecule has 1 amide bonds. The molecule has 1 atom stereocenters. The molecule has 0 fully saturated rings. The van der Waals surface area contributed by atoms with E-state index >= 15 is 0 Å². The summed E-state index contributed by atoms with van der Waals surface area (Å²) in [6.45, 7) is 6.28. The molecule has 0 radical (unpaired) electrons. The highest BCUT2D eigenvalue weighted by atomic mass is 32.1. The van der Waals surface area contributed by atoms with Crippen molar-refractivity contribution in [1.29, 1.82) is 0 Å². The van der Waals surface area contributed by atoms with Crippen LogP contribution in [0.4, 0.5) is 0 Å². The van der Waals surface area contributed by atoms with Crippen LogP contribution in [0.15, 0.2) is 30.3 Å². The van der Waals surface area contributed by atoms with Crippen molar-refractivity contribution in [1.82, 2.24) is 5.32 Å². The van der Waals surface area contributed by atoms with E-state index in [1.54, 1.807) is 22.7 Å². The Labute approximate surface area is 126 Å². The fourth-order valence-electron chi connectivity index (χ4n) is 2.06. The number of benzene rings is 1. The van der Waals surface area contributed by atoms with Crippen molar-refractivity contribution in [3.8, 4) is 0 Å². The van der Waals surface area contributed by atoms with E-state index in [1.807, 2.05) is 13.0 Å². The first-order valence-corrected chi connectivity index (χ1v) is 8.41. The standard InChI is InChI=1S/C16H17NOS2/c1-9(2)10(3)17-16(18)14-8-13-15(20-14)11-6-4-5-7-12(11)19-13/h4-10H,1-3H3,(H,17,18). The third kappa shape index (κ3) is 2.34. The normalized spacial score (nSPS) is 13.2. The summed E-state index contributed by atoms with van der Waals surface area (Å²) < 4.78 is 3.72. The van der Waals surface area contributed by atoms with Gasteiger partial charge in [0.05, 0.1) is 9.58 Å². The van der Waals surface area contributed by atoms with E-state index in [1.165, 1.54) is 19.5 Å². The van der Waals surface area contributed by atoms with E-state index in [4.69, 9.17) is 0 Å². The molecule has 0 aliphatic rings. The maximum Gasteiger partial charge on any atom is 0.261 e. The molecule has 0 aliphatic carbocycles. The third-order valence-corrected chi connectivity index (χ3v) is 6.05. The van der Waals surface area contributed by atoms with E-state index in [0.29, 0.717) is 5.92 Å². The minimum absolute atomic E-state index is 0.0451. The third-order valence-electron chi connectivity index (χ3n) is 3.63. The molecule has 2 aromatic heterocycles. The van der Waals surface area contributed by atoms with Crippen molar-refractivity contribution in [3.63, 3.8) is 0 Å². The maximum absolute atomic E-state index is 12.3. The van der Waals surface area contributed by atoms with Crippen LogP contribution in [-0.4, -0.2) is 11.9 Å². The summed E-state index contributed by atoms with van der Waals surface area (Å²) in [6.07, 6.45) is 0. The molecule has 1 aromatic carbocycles. The molecule has 20 heavy (non-hydrogen) atoms. The Morgan fingerprint density at radius 2 is 1.85 bits per heavy atom. The molecular formula is C16H17NOS2. The largest absolute Gasteiger partial charge is 0.349 e. The number of amides is 1. The molecule has 3 aromatic rings. The Morgan fingerprint density at radius 1 is 1.10 bits per heavy atom. The molecule has 3 rings (SSSR count). The Hall–Kier alpha value is -1.39. The number of hydrogen-bond donors (Lipinski definition) is 1. The maximum atomic E-state index is 12.3. The van der Waals surface area contributed by atoms with Crippen molar-refractivity contribution in [2.24, 2.45) is 5.92 Å². The first-order chi connectivity index (χ1) is 9.56. The second-order valence-electron chi connectivity index (χ2n) is 5.41. The average molecular weight is 303 g/mol. The molecule has 1 N–H and O–H groups in total. The van der Waals surface area contributed by atoms with Gasteiger partial charge >= 0.3 is 0 Å². The van der Waals surface area contributed by atoms with Gasteiger partial charge in [-0.2, -0.15) is 0 Å². The van der Waals surface area contributed by atoms with Crippen LogP contribution in [0.2, 0.25) is 0 Å². The van der Waals surface area contributed by atoms with Gasteiger partial charge in [0.2, 0.25) is 0 Å². The Kier molecular flexibility index (Phi) is 3.52. The van der Waals surface area contributed by atoms with Gasteiger partial charge in [-0.25, -0.2) is 0 Å². The number of hydrogen-bond acceptors (Lipinski definition) is 3. The van der Waals surface area contributed by atoms with Crippen LogP contribution in [0, 0.1) is 5.92 Å². The molecule has 0 saturated carbocycles. The molecule has 0 aliphatic heterocycles. The lowest BCUT2D eigenvalue weighted by Gasteiger charge is -2.16. The number of rotatable bonds is 3. The number of carbonyl (C=O) groups excluding carboxylic acids is 1. The van der Waals surface area contributed by atoms with E-state index in [0.717, 1.165) is 4.88 Å². The van der Waals surface area contributed by atoms with E-state index < -0.39 is 0 Å². The monoisotopic (exact) mass is 303 g/mol. The predicted octanol–water partition coefficient (Wildman–Crippen LogP) is 4.89. The lowest BCUT2D eigenvalue weighted by Crippen LogP contribution is -2.35. The fraction of sp³-hybridized carbons (Fsp3) is 0.312. The topological polar surface area (TPSA) is 29.1 Å². The lowest BCUT2D eigenvalue weighted by molar-refractivity contribution is 0.0934. The zero-order valence-electron chi connectivity index (χ0n) is 11.8. The minimum atomic E-state index is 0.0451. The van der Waals surface area contributed by atoms with Crippen LogP contribution in [-0.2, 0) is 0 Å². The SMILES string of the molecule is CC(C)C(C)NC(=O)c1cc2sc3ccccc3c2s1. The summed E-state index contributed by atoms with van der Waals surface area (Å²) in [4.78, 5) is 13.1. The van der Waals surface area contributed by atoms with E-state index in [2.05, 4.69) is 43.4 Å². The van der Waals surface area contributed by atoms with E-state index in [9.17, 15) is 4.79 Å². The summed E-state index contributed by atoms with van der Waals surface area (Å²) in [5, 5.41) is 4.33. The highest BCUT2D eigenvalue weighted by molar-refractivity contribution is 7.33. The van der Waals surface area contributed by atoms with Gasteiger partial charge < -0.3 is 5.32 Å². The number of thiophene rings is 2. The Balaban J connectivity index is 1.95. The first-order valence-electron chi connectivity index (χ1n) is 6.78. The van der Waals surface area contributed by atoms with Crippen molar-refractivity contribution in [2.75, 3.05) is 0 Å².